The summed E-state index contributed by atoms with van der Waals surface area (Å²) in [5.74, 6) is 1.80. The van der Waals surface area contributed by atoms with E-state index in [4.69, 9.17) is 0 Å². The molecule has 0 amide bonds. The highest BCUT2D eigenvalue weighted by atomic mass is 15.3. The maximum Gasteiger partial charge on any atom is 0.151 e. The molecule has 1 aromatic rings. The van der Waals surface area contributed by atoms with E-state index in [2.05, 4.69) is 32.5 Å². The molecule has 2 aliphatic heterocycles. The van der Waals surface area contributed by atoms with Crippen molar-refractivity contribution in [2.45, 2.75) is 32.1 Å². The SMILES string of the molecule is c1cc(N2CCCC2)nnc1C[C@@H]1CCCNC1. The first-order chi connectivity index (χ1) is 8.92. The first-order valence-electron chi connectivity index (χ1n) is 7.20. The molecule has 3 heterocycles. The summed E-state index contributed by atoms with van der Waals surface area (Å²) in [6, 6.07) is 4.30. The number of nitrogens with zero attached hydrogens (tertiary/aromatic N) is 3. The van der Waals surface area contributed by atoms with E-state index in [1.165, 1.54) is 32.2 Å². The Morgan fingerprint density at radius 2 is 2.06 bits per heavy atom. The Hall–Kier alpha value is -1.16. The Kier molecular flexibility index (Phi) is 3.74. The van der Waals surface area contributed by atoms with E-state index in [0.717, 1.165) is 43.5 Å². The molecule has 0 saturated carbocycles. The molecule has 1 N–H and O–H groups in total. The molecule has 0 aromatic carbocycles. The van der Waals surface area contributed by atoms with E-state index in [1.807, 2.05) is 0 Å². The van der Waals surface area contributed by atoms with Gasteiger partial charge in [0.1, 0.15) is 0 Å². The van der Waals surface area contributed by atoms with Crippen LogP contribution in [0.3, 0.4) is 0 Å². The zero-order valence-electron chi connectivity index (χ0n) is 10.9. The van der Waals surface area contributed by atoms with Crippen molar-refractivity contribution in [3.63, 3.8) is 0 Å². The Bertz CT molecular complexity index is 364. The van der Waals surface area contributed by atoms with Gasteiger partial charge in [-0.2, -0.15) is 5.10 Å². The highest BCUT2D eigenvalue weighted by Crippen LogP contribution is 2.19. The zero-order chi connectivity index (χ0) is 12.2. The lowest BCUT2D eigenvalue weighted by atomic mass is 9.95. The fourth-order valence-electron chi connectivity index (χ4n) is 2.97. The predicted octanol–water partition coefficient (Wildman–Crippen LogP) is 1.62. The van der Waals surface area contributed by atoms with Crippen molar-refractivity contribution in [2.75, 3.05) is 31.1 Å². The van der Waals surface area contributed by atoms with Crippen LogP contribution in [0.4, 0.5) is 5.82 Å². The molecule has 2 aliphatic rings. The van der Waals surface area contributed by atoms with Crippen molar-refractivity contribution < 1.29 is 0 Å². The van der Waals surface area contributed by atoms with Crippen LogP contribution < -0.4 is 10.2 Å². The molecule has 18 heavy (non-hydrogen) atoms. The van der Waals surface area contributed by atoms with Crippen molar-refractivity contribution in [1.29, 1.82) is 0 Å². The average Bonchev–Trinajstić information content (AvgIpc) is 2.95. The normalized spacial score (nSPS) is 24.4. The van der Waals surface area contributed by atoms with Crippen LogP contribution in [0.5, 0.6) is 0 Å². The molecule has 0 spiro atoms. The second kappa shape index (κ2) is 5.65. The van der Waals surface area contributed by atoms with Crippen molar-refractivity contribution in [3.8, 4) is 0 Å². The molecule has 1 aromatic heterocycles. The summed E-state index contributed by atoms with van der Waals surface area (Å²) >= 11 is 0. The summed E-state index contributed by atoms with van der Waals surface area (Å²) in [6.07, 6.45) is 6.27. The third-order valence-corrected chi connectivity index (χ3v) is 4.03. The van der Waals surface area contributed by atoms with Gasteiger partial charge in [0.2, 0.25) is 0 Å². The van der Waals surface area contributed by atoms with Crippen LogP contribution in [-0.4, -0.2) is 36.4 Å². The maximum absolute atomic E-state index is 4.40. The van der Waals surface area contributed by atoms with E-state index in [-0.39, 0.29) is 0 Å². The molecular formula is C14H22N4. The lowest BCUT2D eigenvalue weighted by molar-refractivity contribution is 0.372. The molecule has 4 nitrogen and oxygen atoms in total. The molecule has 4 heteroatoms. The zero-order valence-corrected chi connectivity index (χ0v) is 10.9. The van der Waals surface area contributed by atoms with Gasteiger partial charge < -0.3 is 10.2 Å². The summed E-state index contributed by atoms with van der Waals surface area (Å²) in [7, 11) is 0. The van der Waals surface area contributed by atoms with Crippen LogP contribution in [0.1, 0.15) is 31.4 Å². The number of rotatable bonds is 3. The number of piperidine rings is 1. The van der Waals surface area contributed by atoms with Gasteiger partial charge in [0.25, 0.3) is 0 Å². The Labute approximate surface area is 109 Å². The summed E-state index contributed by atoms with van der Waals surface area (Å²) in [6.45, 7) is 4.59. The first-order valence-corrected chi connectivity index (χ1v) is 7.20. The number of aromatic nitrogens is 2. The van der Waals surface area contributed by atoms with Gasteiger partial charge in [-0.25, -0.2) is 0 Å². The fraction of sp³-hybridized carbons (Fsp3) is 0.714. The Balaban J connectivity index is 1.59. The highest BCUT2D eigenvalue weighted by molar-refractivity contribution is 5.38. The molecular weight excluding hydrogens is 224 g/mol. The summed E-state index contributed by atoms with van der Waals surface area (Å²) < 4.78 is 0. The standard InChI is InChI=1S/C14H22N4/c1-2-9-18(8-1)14-6-5-13(16-17-14)10-12-4-3-7-15-11-12/h5-6,12,15H,1-4,7-11H2/t12-/m0/s1. The second-order valence-corrected chi connectivity index (χ2v) is 5.49. The molecule has 0 radical (unpaired) electrons. The number of hydrogen-bond acceptors (Lipinski definition) is 4. The summed E-state index contributed by atoms with van der Waals surface area (Å²) in [4.78, 5) is 2.33. The van der Waals surface area contributed by atoms with Crippen LogP contribution in [0.15, 0.2) is 12.1 Å². The molecule has 0 aliphatic carbocycles. The predicted molar refractivity (Wildman–Crippen MR) is 72.8 cm³/mol. The minimum atomic E-state index is 0.741. The molecule has 0 bridgehead atoms. The van der Waals surface area contributed by atoms with Gasteiger partial charge in [-0.05, 0) is 63.2 Å². The van der Waals surface area contributed by atoms with Gasteiger partial charge >= 0.3 is 0 Å². The van der Waals surface area contributed by atoms with E-state index in [9.17, 15) is 0 Å². The molecule has 0 unspecified atom stereocenters. The molecule has 2 saturated heterocycles. The van der Waals surface area contributed by atoms with Crippen LogP contribution >= 0.6 is 0 Å². The van der Waals surface area contributed by atoms with Crippen LogP contribution in [0, 0.1) is 5.92 Å². The lowest BCUT2D eigenvalue weighted by Crippen LogP contribution is -2.31. The minimum Gasteiger partial charge on any atom is -0.355 e. The van der Waals surface area contributed by atoms with Gasteiger partial charge in [0.05, 0.1) is 5.69 Å². The van der Waals surface area contributed by atoms with Crippen molar-refractivity contribution in [1.82, 2.24) is 15.5 Å². The quantitative estimate of drug-likeness (QED) is 0.880. The molecule has 3 rings (SSSR count). The third-order valence-electron chi connectivity index (χ3n) is 4.03. The average molecular weight is 246 g/mol. The van der Waals surface area contributed by atoms with E-state index in [1.54, 1.807) is 0 Å². The van der Waals surface area contributed by atoms with Crippen LogP contribution in [-0.2, 0) is 6.42 Å². The van der Waals surface area contributed by atoms with Gasteiger partial charge in [0.15, 0.2) is 5.82 Å². The monoisotopic (exact) mass is 246 g/mol. The second-order valence-electron chi connectivity index (χ2n) is 5.49. The molecule has 98 valence electrons. The summed E-state index contributed by atoms with van der Waals surface area (Å²) in [5, 5.41) is 12.2. The number of hydrogen-bond donors (Lipinski definition) is 1. The van der Waals surface area contributed by atoms with Crippen molar-refractivity contribution in [2.24, 2.45) is 5.92 Å². The van der Waals surface area contributed by atoms with Gasteiger partial charge in [-0.3, -0.25) is 0 Å². The topological polar surface area (TPSA) is 41.1 Å². The Morgan fingerprint density at radius 3 is 2.72 bits per heavy atom. The fourth-order valence-corrected chi connectivity index (χ4v) is 2.97. The van der Waals surface area contributed by atoms with Crippen molar-refractivity contribution >= 4 is 5.82 Å². The van der Waals surface area contributed by atoms with Crippen molar-refractivity contribution in [3.05, 3.63) is 17.8 Å². The molecule has 2 fully saturated rings. The van der Waals surface area contributed by atoms with Gasteiger partial charge in [-0.15, -0.1) is 5.10 Å². The van der Waals surface area contributed by atoms with E-state index in [0.29, 0.717) is 0 Å². The summed E-state index contributed by atoms with van der Waals surface area (Å²) in [5.41, 5.74) is 1.15. The third kappa shape index (κ3) is 2.80. The Morgan fingerprint density at radius 1 is 1.17 bits per heavy atom. The molecule has 1 atom stereocenters. The number of anilines is 1. The minimum absolute atomic E-state index is 0.741. The van der Waals surface area contributed by atoms with E-state index < -0.39 is 0 Å². The largest absolute Gasteiger partial charge is 0.355 e. The maximum atomic E-state index is 4.40. The van der Waals surface area contributed by atoms with Gasteiger partial charge in [0, 0.05) is 13.1 Å². The first kappa shape index (κ1) is 11.9. The highest BCUT2D eigenvalue weighted by Gasteiger charge is 2.16. The van der Waals surface area contributed by atoms with Gasteiger partial charge in [-0.1, -0.05) is 0 Å². The number of nitrogens with one attached hydrogen (secondary N) is 1. The lowest BCUT2D eigenvalue weighted by Gasteiger charge is -2.22. The van der Waals surface area contributed by atoms with Crippen LogP contribution in [0.2, 0.25) is 0 Å². The smallest absolute Gasteiger partial charge is 0.151 e. The van der Waals surface area contributed by atoms with Crippen LogP contribution in [0.25, 0.3) is 0 Å². The van der Waals surface area contributed by atoms with E-state index >= 15 is 0 Å².